The molecule has 1 N–H and O–H groups in total. The van der Waals surface area contributed by atoms with E-state index in [-0.39, 0.29) is 12.5 Å². The van der Waals surface area contributed by atoms with Crippen LogP contribution in [-0.2, 0) is 26.2 Å². The Hall–Kier alpha value is -2.58. The lowest BCUT2D eigenvalue weighted by molar-refractivity contribution is -0.141. The van der Waals surface area contributed by atoms with Crippen LogP contribution < -0.4 is 9.62 Å². The van der Waals surface area contributed by atoms with Gasteiger partial charge in [0.2, 0.25) is 21.8 Å². The Morgan fingerprint density at radius 3 is 2.12 bits per heavy atom. The minimum absolute atomic E-state index is 0.0704. The fourth-order valence-electron chi connectivity index (χ4n) is 3.39. The summed E-state index contributed by atoms with van der Waals surface area (Å²) in [5.41, 5.74) is 0.547. The number of hydrogen-bond donors (Lipinski definition) is 1. The molecule has 7 nitrogen and oxygen atoms in total. The molecule has 0 heterocycles. The van der Waals surface area contributed by atoms with Crippen molar-refractivity contribution in [2.45, 2.75) is 52.2 Å². The van der Waals surface area contributed by atoms with E-state index in [1.54, 1.807) is 54.6 Å². The normalized spacial score (nSPS) is 12.7. The SMILES string of the molecule is CCC(C(=O)NC(C)(C)C)N(Cc1ccccc1Cl)C(=O)CN(c1ccccc1)S(C)(=O)=O. The van der Waals surface area contributed by atoms with Gasteiger partial charge in [0.25, 0.3) is 0 Å². The van der Waals surface area contributed by atoms with Gasteiger partial charge in [-0.1, -0.05) is 54.9 Å². The van der Waals surface area contributed by atoms with Crippen LogP contribution in [0.5, 0.6) is 0 Å². The summed E-state index contributed by atoms with van der Waals surface area (Å²) in [6.07, 6.45) is 1.40. The van der Waals surface area contributed by atoms with E-state index < -0.39 is 34.1 Å². The van der Waals surface area contributed by atoms with Gasteiger partial charge < -0.3 is 10.2 Å². The monoisotopic (exact) mass is 493 g/mol. The molecule has 2 rings (SSSR count). The van der Waals surface area contributed by atoms with Crippen molar-refractivity contribution >= 4 is 39.1 Å². The quantitative estimate of drug-likeness (QED) is 0.575. The number of anilines is 1. The predicted octanol–water partition coefficient (Wildman–Crippen LogP) is 3.83. The number of halogens is 1. The lowest BCUT2D eigenvalue weighted by atomic mass is 10.1. The van der Waals surface area contributed by atoms with E-state index in [9.17, 15) is 18.0 Å². The molecule has 0 bridgehead atoms. The second-order valence-electron chi connectivity index (χ2n) is 8.88. The average Bonchev–Trinajstić information content (AvgIpc) is 2.71. The Bertz CT molecular complexity index is 1070. The number of para-hydroxylation sites is 1. The topological polar surface area (TPSA) is 86.8 Å². The zero-order valence-corrected chi connectivity index (χ0v) is 21.3. The van der Waals surface area contributed by atoms with Crippen LogP contribution in [0.1, 0.15) is 39.7 Å². The molecule has 0 saturated carbocycles. The van der Waals surface area contributed by atoms with Crippen LogP contribution >= 0.6 is 11.6 Å². The maximum absolute atomic E-state index is 13.6. The second-order valence-corrected chi connectivity index (χ2v) is 11.2. The number of carbonyl (C=O) groups excluding carboxylic acids is 2. The van der Waals surface area contributed by atoms with Crippen molar-refractivity contribution in [3.63, 3.8) is 0 Å². The van der Waals surface area contributed by atoms with Crippen LogP contribution in [0.25, 0.3) is 0 Å². The summed E-state index contributed by atoms with van der Waals surface area (Å²) in [6.45, 7) is 7.02. The first-order valence-corrected chi connectivity index (χ1v) is 12.9. The summed E-state index contributed by atoms with van der Waals surface area (Å²) in [4.78, 5) is 28.1. The van der Waals surface area contributed by atoms with Gasteiger partial charge in [-0.2, -0.15) is 0 Å². The Labute approximate surface area is 201 Å². The first-order chi connectivity index (χ1) is 15.3. The Kier molecular flexibility index (Phi) is 8.91. The fourth-order valence-corrected chi connectivity index (χ4v) is 4.44. The van der Waals surface area contributed by atoms with Gasteiger partial charge in [-0.15, -0.1) is 0 Å². The van der Waals surface area contributed by atoms with E-state index in [4.69, 9.17) is 11.6 Å². The highest BCUT2D eigenvalue weighted by Crippen LogP contribution is 2.22. The molecule has 1 unspecified atom stereocenters. The third-order valence-corrected chi connectivity index (χ3v) is 6.42. The number of carbonyl (C=O) groups is 2. The Morgan fingerprint density at radius 2 is 1.61 bits per heavy atom. The van der Waals surface area contributed by atoms with E-state index in [0.717, 1.165) is 10.6 Å². The first-order valence-electron chi connectivity index (χ1n) is 10.7. The van der Waals surface area contributed by atoms with Crippen LogP contribution in [0.4, 0.5) is 5.69 Å². The third-order valence-electron chi connectivity index (χ3n) is 4.91. The lowest BCUT2D eigenvalue weighted by Gasteiger charge is -2.34. The van der Waals surface area contributed by atoms with Crippen molar-refractivity contribution in [2.75, 3.05) is 17.1 Å². The number of hydrogen-bond acceptors (Lipinski definition) is 4. The molecule has 0 aliphatic carbocycles. The highest BCUT2D eigenvalue weighted by molar-refractivity contribution is 7.92. The number of benzene rings is 2. The molecule has 1 atom stereocenters. The van der Waals surface area contributed by atoms with Crippen LogP contribution in [0.2, 0.25) is 5.02 Å². The molecule has 0 aliphatic heterocycles. The summed E-state index contributed by atoms with van der Waals surface area (Å²) >= 11 is 6.34. The fraction of sp³-hybridized carbons (Fsp3) is 0.417. The lowest BCUT2D eigenvalue weighted by Crippen LogP contribution is -2.55. The van der Waals surface area contributed by atoms with Gasteiger partial charge in [-0.25, -0.2) is 8.42 Å². The molecule has 9 heteroatoms. The van der Waals surface area contributed by atoms with Gasteiger partial charge in [0.05, 0.1) is 11.9 Å². The largest absolute Gasteiger partial charge is 0.350 e. The zero-order valence-electron chi connectivity index (χ0n) is 19.7. The van der Waals surface area contributed by atoms with Gasteiger partial charge >= 0.3 is 0 Å². The number of amides is 2. The molecule has 0 spiro atoms. The summed E-state index contributed by atoms with van der Waals surface area (Å²) in [7, 11) is -3.75. The maximum Gasteiger partial charge on any atom is 0.244 e. The molecule has 33 heavy (non-hydrogen) atoms. The summed E-state index contributed by atoms with van der Waals surface area (Å²) in [6, 6.07) is 14.7. The second kappa shape index (κ2) is 11.0. The molecule has 2 amide bonds. The van der Waals surface area contributed by atoms with E-state index in [2.05, 4.69) is 5.32 Å². The molecule has 0 radical (unpaired) electrons. The van der Waals surface area contributed by atoms with Crippen molar-refractivity contribution in [3.8, 4) is 0 Å². The van der Waals surface area contributed by atoms with Crippen molar-refractivity contribution in [3.05, 3.63) is 65.2 Å². The molecular formula is C24H32ClN3O4S. The van der Waals surface area contributed by atoms with Gasteiger partial charge in [0, 0.05) is 17.1 Å². The third kappa shape index (κ3) is 7.75. The highest BCUT2D eigenvalue weighted by atomic mass is 35.5. The van der Waals surface area contributed by atoms with E-state index in [0.29, 0.717) is 22.7 Å². The molecule has 0 fully saturated rings. The first kappa shape index (κ1) is 26.7. The van der Waals surface area contributed by atoms with Crippen LogP contribution in [-0.4, -0.2) is 49.5 Å². The molecule has 180 valence electrons. The summed E-state index contributed by atoms with van der Waals surface area (Å²) in [5, 5.41) is 3.39. The highest BCUT2D eigenvalue weighted by Gasteiger charge is 2.33. The standard InChI is InChI=1S/C24H32ClN3O4S/c1-6-21(23(30)26-24(2,3)4)27(16-18-12-10-11-15-20(18)25)22(29)17-28(33(5,31)32)19-13-8-7-9-14-19/h7-15,21H,6,16-17H2,1-5H3,(H,26,30). The number of nitrogens with zero attached hydrogens (tertiary/aromatic N) is 2. The smallest absolute Gasteiger partial charge is 0.244 e. The van der Waals surface area contributed by atoms with E-state index >= 15 is 0 Å². The number of rotatable bonds is 9. The average molecular weight is 494 g/mol. The van der Waals surface area contributed by atoms with E-state index in [1.165, 1.54) is 4.90 Å². The predicted molar refractivity (Wildman–Crippen MR) is 133 cm³/mol. The number of sulfonamides is 1. The van der Waals surface area contributed by atoms with Crippen LogP contribution in [0.3, 0.4) is 0 Å². The zero-order chi connectivity index (χ0) is 24.8. The van der Waals surface area contributed by atoms with Crippen molar-refractivity contribution < 1.29 is 18.0 Å². The minimum Gasteiger partial charge on any atom is -0.350 e. The van der Waals surface area contributed by atoms with Crippen LogP contribution in [0, 0.1) is 0 Å². The molecule has 0 saturated heterocycles. The molecule has 0 aromatic heterocycles. The molecule has 2 aromatic rings. The number of nitrogens with one attached hydrogen (secondary N) is 1. The van der Waals surface area contributed by atoms with E-state index in [1.807, 2.05) is 27.7 Å². The maximum atomic E-state index is 13.6. The minimum atomic E-state index is -3.75. The summed E-state index contributed by atoms with van der Waals surface area (Å²) in [5.74, 6) is -0.809. The van der Waals surface area contributed by atoms with Gasteiger partial charge in [0.1, 0.15) is 12.6 Å². The van der Waals surface area contributed by atoms with Crippen molar-refractivity contribution in [1.82, 2.24) is 10.2 Å². The molecular weight excluding hydrogens is 462 g/mol. The van der Waals surface area contributed by atoms with Gasteiger partial charge in [-0.3, -0.25) is 13.9 Å². The summed E-state index contributed by atoms with van der Waals surface area (Å²) < 4.78 is 26.1. The van der Waals surface area contributed by atoms with Gasteiger partial charge in [0.15, 0.2) is 0 Å². The van der Waals surface area contributed by atoms with Crippen molar-refractivity contribution in [1.29, 1.82) is 0 Å². The Morgan fingerprint density at radius 1 is 1.03 bits per heavy atom. The van der Waals surface area contributed by atoms with Crippen molar-refractivity contribution in [2.24, 2.45) is 0 Å². The van der Waals surface area contributed by atoms with Crippen LogP contribution in [0.15, 0.2) is 54.6 Å². The van der Waals surface area contributed by atoms with Gasteiger partial charge in [-0.05, 0) is 51.0 Å². The Balaban J connectivity index is 2.45. The molecule has 2 aromatic carbocycles. The molecule has 0 aliphatic rings.